The zero-order valence-corrected chi connectivity index (χ0v) is 10.8. The van der Waals surface area contributed by atoms with E-state index in [9.17, 15) is 9.59 Å². The summed E-state index contributed by atoms with van der Waals surface area (Å²) >= 11 is 0. The zero-order chi connectivity index (χ0) is 14.8. The van der Waals surface area contributed by atoms with Crippen LogP contribution < -0.4 is 5.32 Å². The van der Waals surface area contributed by atoms with Crippen LogP contribution in [0.15, 0.2) is 43.0 Å². The summed E-state index contributed by atoms with van der Waals surface area (Å²) in [6.45, 7) is -0.260. The number of carboxylic acid groups (broad SMARTS) is 1. The van der Waals surface area contributed by atoms with Crippen molar-refractivity contribution in [1.82, 2.24) is 19.2 Å². The molecule has 8 nitrogen and oxygen atoms in total. The molecule has 8 heteroatoms. The predicted octanol–water partition coefficient (Wildman–Crippen LogP) is 0.868. The average Bonchev–Trinajstić information content (AvgIpc) is 3.04. The number of hydrogen-bond donors (Lipinski definition) is 2. The monoisotopic (exact) mass is 285 g/mol. The number of aliphatic carboxylic acids is 1. The van der Waals surface area contributed by atoms with Gasteiger partial charge in [0.25, 0.3) is 5.91 Å². The summed E-state index contributed by atoms with van der Waals surface area (Å²) in [6, 6.07) is 5.47. The lowest BCUT2D eigenvalue weighted by atomic mass is 10.4. The van der Waals surface area contributed by atoms with Crippen molar-refractivity contribution in [3.63, 3.8) is 0 Å². The smallest absolute Gasteiger partial charge is 0.325 e. The second kappa shape index (κ2) is 5.08. The molecule has 0 saturated heterocycles. The second-order valence-electron chi connectivity index (χ2n) is 4.37. The van der Waals surface area contributed by atoms with Gasteiger partial charge in [-0.15, -0.1) is 0 Å². The molecule has 0 fully saturated rings. The van der Waals surface area contributed by atoms with E-state index in [1.807, 2.05) is 12.1 Å². The molecule has 3 rings (SSSR count). The van der Waals surface area contributed by atoms with Crippen LogP contribution in [0, 0.1) is 0 Å². The molecule has 0 bridgehead atoms. The van der Waals surface area contributed by atoms with E-state index in [2.05, 4.69) is 15.4 Å². The number of rotatable bonds is 4. The molecular formula is C13H11N5O3. The third-order valence-corrected chi connectivity index (χ3v) is 2.78. The summed E-state index contributed by atoms with van der Waals surface area (Å²) in [6.07, 6.45) is 6.24. The molecule has 0 aromatic carbocycles. The Morgan fingerprint density at radius 2 is 2.14 bits per heavy atom. The lowest BCUT2D eigenvalue weighted by Gasteiger charge is -1.98. The number of nitrogens with zero attached hydrogens (tertiary/aromatic N) is 4. The van der Waals surface area contributed by atoms with E-state index in [0.717, 1.165) is 0 Å². The molecule has 0 aliphatic heterocycles. The number of fused-ring (bicyclic) bond motifs is 1. The van der Waals surface area contributed by atoms with Gasteiger partial charge >= 0.3 is 5.97 Å². The van der Waals surface area contributed by atoms with Crippen molar-refractivity contribution >= 4 is 23.2 Å². The van der Waals surface area contributed by atoms with Crippen LogP contribution in [0.5, 0.6) is 0 Å². The summed E-state index contributed by atoms with van der Waals surface area (Å²) in [5.74, 6) is -1.38. The number of nitrogens with one attached hydrogen (secondary N) is 1. The number of carbonyl (C=O) groups excluding carboxylic acids is 1. The van der Waals surface area contributed by atoms with Gasteiger partial charge in [0.2, 0.25) is 0 Å². The molecule has 0 aliphatic rings. The first-order valence-electron chi connectivity index (χ1n) is 6.11. The van der Waals surface area contributed by atoms with Crippen LogP contribution in [0.4, 0.5) is 5.69 Å². The first kappa shape index (κ1) is 12.9. The number of hydrogen-bond acceptors (Lipinski definition) is 4. The maximum absolute atomic E-state index is 12.1. The molecule has 0 radical (unpaired) electrons. The largest absolute Gasteiger partial charge is 0.480 e. The Bertz CT molecular complexity index is 787. The predicted molar refractivity (Wildman–Crippen MR) is 73.0 cm³/mol. The molecule has 106 valence electrons. The third-order valence-electron chi connectivity index (χ3n) is 2.78. The molecular weight excluding hydrogens is 274 g/mol. The number of carboxylic acids is 1. The van der Waals surface area contributed by atoms with Gasteiger partial charge in [0.05, 0.1) is 11.9 Å². The summed E-state index contributed by atoms with van der Waals surface area (Å²) in [5, 5.41) is 15.1. The number of amides is 1. The number of aromatic nitrogens is 4. The number of imidazole rings is 1. The fourth-order valence-electron chi connectivity index (χ4n) is 1.89. The average molecular weight is 285 g/mol. The van der Waals surface area contributed by atoms with Crippen LogP contribution in [0.3, 0.4) is 0 Å². The quantitative estimate of drug-likeness (QED) is 0.740. The van der Waals surface area contributed by atoms with E-state index >= 15 is 0 Å². The van der Waals surface area contributed by atoms with Gasteiger partial charge < -0.3 is 14.8 Å². The Morgan fingerprint density at radius 3 is 2.90 bits per heavy atom. The summed E-state index contributed by atoms with van der Waals surface area (Å²) < 4.78 is 2.96. The topological polar surface area (TPSA) is 102 Å². The summed E-state index contributed by atoms with van der Waals surface area (Å²) in [7, 11) is 0. The maximum atomic E-state index is 12.1. The Labute approximate surface area is 118 Å². The van der Waals surface area contributed by atoms with Crippen LogP contribution >= 0.6 is 0 Å². The van der Waals surface area contributed by atoms with E-state index < -0.39 is 5.97 Å². The van der Waals surface area contributed by atoms with Gasteiger partial charge in [-0.1, -0.05) is 6.07 Å². The highest BCUT2D eigenvalue weighted by Gasteiger charge is 2.12. The highest BCUT2D eigenvalue weighted by Crippen LogP contribution is 2.09. The van der Waals surface area contributed by atoms with Crippen molar-refractivity contribution in [2.24, 2.45) is 0 Å². The van der Waals surface area contributed by atoms with Gasteiger partial charge in [-0.3, -0.25) is 14.3 Å². The molecule has 0 saturated carbocycles. The lowest BCUT2D eigenvalue weighted by molar-refractivity contribution is -0.137. The number of anilines is 1. The van der Waals surface area contributed by atoms with Crippen molar-refractivity contribution < 1.29 is 14.7 Å². The van der Waals surface area contributed by atoms with Crippen LogP contribution in [0.25, 0.3) is 5.65 Å². The van der Waals surface area contributed by atoms with Gasteiger partial charge in [-0.25, -0.2) is 4.98 Å². The van der Waals surface area contributed by atoms with Crippen molar-refractivity contribution in [3.05, 3.63) is 48.7 Å². The van der Waals surface area contributed by atoms with Crippen molar-refractivity contribution in [2.75, 3.05) is 5.32 Å². The highest BCUT2D eigenvalue weighted by molar-refractivity contribution is 6.03. The molecule has 21 heavy (non-hydrogen) atoms. The fourth-order valence-corrected chi connectivity index (χ4v) is 1.89. The Kier molecular flexibility index (Phi) is 3.11. The molecule has 0 atom stereocenters. The van der Waals surface area contributed by atoms with E-state index in [0.29, 0.717) is 11.3 Å². The maximum Gasteiger partial charge on any atom is 0.325 e. The van der Waals surface area contributed by atoms with Crippen LogP contribution in [-0.4, -0.2) is 36.1 Å². The summed E-state index contributed by atoms with van der Waals surface area (Å²) in [5.41, 5.74) is 1.36. The van der Waals surface area contributed by atoms with Crippen molar-refractivity contribution in [1.29, 1.82) is 0 Å². The molecule has 0 aliphatic carbocycles. The van der Waals surface area contributed by atoms with Gasteiger partial charge in [-0.05, 0) is 12.1 Å². The second-order valence-corrected chi connectivity index (χ2v) is 4.37. The highest BCUT2D eigenvalue weighted by atomic mass is 16.4. The minimum absolute atomic E-state index is 0.260. The first-order chi connectivity index (χ1) is 10.1. The van der Waals surface area contributed by atoms with E-state index in [1.54, 1.807) is 22.9 Å². The zero-order valence-electron chi connectivity index (χ0n) is 10.8. The first-order valence-corrected chi connectivity index (χ1v) is 6.11. The van der Waals surface area contributed by atoms with Crippen molar-refractivity contribution in [3.8, 4) is 0 Å². The molecule has 0 spiro atoms. The lowest BCUT2D eigenvalue weighted by Crippen LogP contribution is -2.12. The molecule has 3 aromatic heterocycles. The van der Waals surface area contributed by atoms with Gasteiger partial charge in [0.1, 0.15) is 17.9 Å². The fraction of sp³-hybridized carbons (Fsp3) is 0.0769. The van der Waals surface area contributed by atoms with Gasteiger partial charge in [0.15, 0.2) is 0 Å². The molecule has 0 unspecified atom stereocenters. The molecule has 3 heterocycles. The Hall–Kier alpha value is -3.16. The third kappa shape index (κ3) is 2.73. The Balaban J connectivity index is 1.76. The van der Waals surface area contributed by atoms with E-state index in [-0.39, 0.29) is 18.1 Å². The van der Waals surface area contributed by atoms with E-state index in [4.69, 9.17) is 5.11 Å². The van der Waals surface area contributed by atoms with Crippen LogP contribution in [-0.2, 0) is 11.3 Å². The van der Waals surface area contributed by atoms with E-state index in [1.165, 1.54) is 17.1 Å². The Morgan fingerprint density at radius 1 is 1.29 bits per heavy atom. The molecule has 2 N–H and O–H groups in total. The SMILES string of the molecule is O=C(O)Cn1cc(NC(=O)c2cn3ccccc3n2)cn1. The molecule has 1 amide bonds. The minimum atomic E-state index is -1.00. The van der Waals surface area contributed by atoms with Gasteiger partial charge in [-0.2, -0.15) is 5.10 Å². The van der Waals surface area contributed by atoms with Gasteiger partial charge in [0, 0.05) is 18.6 Å². The molecule has 3 aromatic rings. The van der Waals surface area contributed by atoms with Crippen LogP contribution in [0.1, 0.15) is 10.5 Å². The normalized spacial score (nSPS) is 10.7. The number of carbonyl (C=O) groups is 2. The standard InChI is InChI=1S/C13H11N5O3/c19-12(20)8-18-6-9(5-14-18)15-13(21)10-7-17-4-2-1-3-11(17)16-10/h1-7H,8H2,(H,15,21)(H,19,20). The van der Waals surface area contributed by atoms with Crippen LogP contribution in [0.2, 0.25) is 0 Å². The summed E-state index contributed by atoms with van der Waals surface area (Å²) in [4.78, 5) is 26.8. The minimum Gasteiger partial charge on any atom is -0.480 e. The number of pyridine rings is 1. The van der Waals surface area contributed by atoms with Crippen molar-refractivity contribution in [2.45, 2.75) is 6.54 Å².